The molecule has 1 aromatic carbocycles. The molecule has 1 nitrogen and oxygen atoms in total. The lowest BCUT2D eigenvalue weighted by molar-refractivity contribution is 0.378. The first-order chi connectivity index (χ1) is 8.60. The van der Waals surface area contributed by atoms with E-state index in [0.717, 1.165) is 12.0 Å². The lowest BCUT2D eigenvalue weighted by atomic mass is 9.80. The normalized spacial score (nSPS) is 14.5. The van der Waals surface area contributed by atoms with Crippen molar-refractivity contribution in [3.63, 3.8) is 0 Å². The molecule has 0 saturated carbocycles. The van der Waals surface area contributed by atoms with Gasteiger partial charge in [-0.2, -0.15) is 0 Å². The van der Waals surface area contributed by atoms with E-state index in [4.69, 9.17) is 5.73 Å². The van der Waals surface area contributed by atoms with E-state index in [-0.39, 0.29) is 5.82 Å². The Morgan fingerprint density at radius 1 is 1.28 bits per heavy atom. The van der Waals surface area contributed by atoms with E-state index < -0.39 is 0 Å². The van der Waals surface area contributed by atoms with E-state index in [1.807, 2.05) is 6.07 Å². The van der Waals surface area contributed by atoms with Gasteiger partial charge in [0.25, 0.3) is 0 Å². The Morgan fingerprint density at radius 2 is 2.00 bits per heavy atom. The molecular formula is C16H26FN. The molecule has 0 fully saturated rings. The van der Waals surface area contributed by atoms with E-state index in [0.29, 0.717) is 18.4 Å². The van der Waals surface area contributed by atoms with Crippen molar-refractivity contribution in [2.75, 3.05) is 6.54 Å². The van der Waals surface area contributed by atoms with Gasteiger partial charge < -0.3 is 5.73 Å². The van der Waals surface area contributed by atoms with Gasteiger partial charge in [0.2, 0.25) is 0 Å². The van der Waals surface area contributed by atoms with Crippen molar-refractivity contribution in [1.82, 2.24) is 0 Å². The summed E-state index contributed by atoms with van der Waals surface area (Å²) < 4.78 is 13.4. The van der Waals surface area contributed by atoms with E-state index in [1.165, 1.54) is 30.9 Å². The van der Waals surface area contributed by atoms with E-state index in [2.05, 4.69) is 20.8 Å². The van der Waals surface area contributed by atoms with Crippen LogP contribution in [0.4, 0.5) is 4.39 Å². The molecule has 0 aliphatic heterocycles. The summed E-state index contributed by atoms with van der Waals surface area (Å²) in [6.07, 6.45) is 4.64. The second kappa shape index (κ2) is 7.52. The van der Waals surface area contributed by atoms with Crippen molar-refractivity contribution < 1.29 is 4.39 Å². The predicted molar refractivity (Wildman–Crippen MR) is 76.2 cm³/mol. The number of hydrogen-bond donors (Lipinski definition) is 1. The van der Waals surface area contributed by atoms with Crippen LogP contribution in [0.2, 0.25) is 0 Å². The minimum absolute atomic E-state index is 0.135. The molecule has 1 rings (SSSR count). The van der Waals surface area contributed by atoms with Gasteiger partial charge in [0, 0.05) is 0 Å². The van der Waals surface area contributed by atoms with Crippen LogP contribution in [0.1, 0.15) is 56.6 Å². The van der Waals surface area contributed by atoms with Gasteiger partial charge in [-0.05, 0) is 61.4 Å². The maximum absolute atomic E-state index is 13.4. The van der Waals surface area contributed by atoms with Gasteiger partial charge in [0.05, 0.1) is 0 Å². The highest BCUT2D eigenvalue weighted by Gasteiger charge is 2.19. The fraction of sp³-hybridized carbons (Fsp3) is 0.625. The molecule has 2 unspecified atom stereocenters. The van der Waals surface area contributed by atoms with Crippen LogP contribution in [-0.2, 0) is 0 Å². The van der Waals surface area contributed by atoms with Crippen LogP contribution >= 0.6 is 0 Å². The third-order valence-electron chi connectivity index (χ3n) is 3.90. The lowest BCUT2D eigenvalue weighted by Crippen LogP contribution is -2.16. The number of aryl methyl sites for hydroxylation is 1. The molecule has 102 valence electrons. The molecule has 0 bridgehead atoms. The smallest absolute Gasteiger partial charge is 0.123 e. The molecular weight excluding hydrogens is 225 g/mol. The molecule has 2 heteroatoms. The first-order valence-electron chi connectivity index (χ1n) is 7.06. The fourth-order valence-corrected chi connectivity index (χ4v) is 2.68. The Kier molecular flexibility index (Phi) is 6.34. The third-order valence-corrected chi connectivity index (χ3v) is 3.90. The summed E-state index contributed by atoms with van der Waals surface area (Å²) in [6.45, 7) is 7.19. The topological polar surface area (TPSA) is 26.0 Å². The summed E-state index contributed by atoms with van der Waals surface area (Å²) in [6, 6.07) is 5.10. The Bertz CT molecular complexity index is 362. The molecule has 0 saturated heterocycles. The van der Waals surface area contributed by atoms with E-state index in [9.17, 15) is 4.39 Å². The van der Waals surface area contributed by atoms with E-state index >= 15 is 0 Å². The number of benzene rings is 1. The fourth-order valence-electron chi connectivity index (χ4n) is 2.68. The van der Waals surface area contributed by atoms with Gasteiger partial charge in [0.15, 0.2) is 0 Å². The van der Waals surface area contributed by atoms with Gasteiger partial charge in [-0.25, -0.2) is 4.39 Å². The SMILES string of the molecule is CCCCC(CCN)C(C)c1cc(F)ccc1C. The summed E-state index contributed by atoms with van der Waals surface area (Å²) in [5.41, 5.74) is 8.04. The van der Waals surface area contributed by atoms with Crippen LogP contribution in [0, 0.1) is 18.7 Å². The van der Waals surface area contributed by atoms with Crippen LogP contribution in [0.3, 0.4) is 0 Å². The highest BCUT2D eigenvalue weighted by Crippen LogP contribution is 2.32. The van der Waals surface area contributed by atoms with Crippen molar-refractivity contribution in [2.45, 2.75) is 52.4 Å². The van der Waals surface area contributed by atoms with Crippen molar-refractivity contribution in [1.29, 1.82) is 0 Å². The first kappa shape index (κ1) is 15.2. The number of halogens is 1. The Hall–Kier alpha value is -0.890. The largest absolute Gasteiger partial charge is 0.330 e. The summed E-state index contributed by atoms with van der Waals surface area (Å²) in [5, 5.41) is 0. The average Bonchev–Trinajstić information content (AvgIpc) is 2.36. The second-order valence-corrected chi connectivity index (χ2v) is 5.27. The summed E-state index contributed by atoms with van der Waals surface area (Å²) in [7, 11) is 0. The molecule has 0 aliphatic rings. The van der Waals surface area contributed by atoms with Crippen LogP contribution < -0.4 is 5.73 Å². The van der Waals surface area contributed by atoms with Crippen molar-refractivity contribution in [3.05, 3.63) is 35.1 Å². The minimum Gasteiger partial charge on any atom is -0.330 e. The van der Waals surface area contributed by atoms with Crippen molar-refractivity contribution in [2.24, 2.45) is 11.7 Å². The van der Waals surface area contributed by atoms with Gasteiger partial charge in [-0.3, -0.25) is 0 Å². The molecule has 1 aromatic rings. The van der Waals surface area contributed by atoms with Gasteiger partial charge in [-0.1, -0.05) is 32.8 Å². The Balaban J connectivity index is 2.86. The molecule has 2 atom stereocenters. The Morgan fingerprint density at radius 3 is 2.61 bits per heavy atom. The molecule has 0 radical (unpaired) electrons. The minimum atomic E-state index is -0.135. The highest BCUT2D eigenvalue weighted by molar-refractivity contribution is 5.30. The number of hydrogen-bond acceptors (Lipinski definition) is 1. The quantitative estimate of drug-likeness (QED) is 0.764. The lowest BCUT2D eigenvalue weighted by Gasteiger charge is -2.25. The van der Waals surface area contributed by atoms with Gasteiger partial charge >= 0.3 is 0 Å². The standard InChI is InChI=1S/C16H26FN/c1-4-5-6-14(9-10-18)13(3)16-11-15(17)8-7-12(16)2/h7-8,11,13-14H,4-6,9-10,18H2,1-3H3. The predicted octanol–water partition coefficient (Wildman–Crippen LogP) is 4.39. The maximum atomic E-state index is 13.4. The zero-order chi connectivity index (χ0) is 13.5. The van der Waals surface area contributed by atoms with Gasteiger partial charge in [-0.15, -0.1) is 0 Å². The number of unbranched alkanes of at least 4 members (excludes halogenated alkanes) is 1. The second-order valence-electron chi connectivity index (χ2n) is 5.27. The average molecular weight is 251 g/mol. The van der Waals surface area contributed by atoms with Crippen molar-refractivity contribution >= 4 is 0 Å². The van der Waals surface area contributed by atoms with Crippen LogP contribution in [0.15, 0.2) is 18.2 Å². The van der Waals surface area contributed by atoms with Crippen LogP contribution in [0.25, 0.3) is 0 Å². The summed E-state index contributed by atoms with van der Waals surface area (Å²) in [5.74, 6) is 0.815. The van der Waals surface area contributed by atoms with Crippen LogP contribution in [0.5, 0.6) is 0 Å². The monoisotopic (exact) mass is 251 g/mol. The summed E-state index contributed by atoms with van der Waals surface area (Å²) in [4.78, 5) is 0. The highest BCUT2D eigenvalue weighted by atomic mass is 19.1. The maximum Gasteiger partial charge on any atom is 0.123 e. The van der Waals surface area contributed by atoms with E-state index in [1.54, 1.807) is 6.07 Å². The van der Waals surface area contributed by atoms with Crippen molar-refractivity contribution in [3.8, 4) is 0 Å². The molecule has 0 aromatic heterocycles. The molecule has 0 spiro atoms. The van der Waals surface area contributed by atoms with Crippen LogP contribution in [-0.4, -0.2) is 6.54 Å². The molecule has 0 amide bonds. The zero-order valence-corrected chi connectivity index (χ0v) is 11.9. The summed E-state index contributed by atoms with van der Waals surface area (Å²) >= 11 is 0. The third kappa shape index (κ3) is 4.09. The number of nitrogens with two attached hydrogens (primary N) is 1. The molecule has 18 heavy (non-hydrogen) atoms. The first-order valence-corrected chi connectivity index (χ1v) is 7.06. The Labute approximate surface area is 111 Å². The van der Waals surface area contributed by atoms with Gasteiger partial charge in [0.1, 0.15) is 5.82 Å². The molecule has 2 N–H and O–H groups in total. The zero-order valence-electron chi connectivity index (χ0n) is 11.9. The number of rotatable bonds is 7. The molecule has 0 aliphatic carbocycles. The molecule has 0 heterocycles.